The molecule has 2 aromatic carbocycles. The first kappa shape index (κ1) is 25.4. The number of unbranched alkanes of at least 4 members (excludes halogenated alkanes) is 1. The summed E-state index contributed by atoms with van der Waals surface area (Å²) in [6.45, 7) is 5.02. The molecule has 4 nitrogen and oxygen atoms in total. The zero-order valence-corrected chi connectivity index (χ0v) is 19.5. The van der Waals surface area contributed by atoms with Gasteiger partial charge in [0.2, 0.25) is 0 Å². The van der Waals surface area contributed by atoms with Crippen molar-refractivity contribution in [2.45, 2.75) is 51.5 Å². The predicted octanol–water partition coefficient (Wildman–Crippen LogP) is 6.27. The molecule has 1 aromatic heterocycles. The third-order valence-electron chi connectivity index (χ3n) is 5.81. The van der Waals surface area contributed by atoms with Crippen molar-refractivity contribution >= 4 is 22.5 Å². The first-order valence-electron chi connectivity index (χ1n) is 10.8. The molecule has 0 spiro atoms. The minimum Gasteiger partial charge on any atom is -0.393 e. The number of fused-ring (bicyclic) bond motifs is 1. The van der Waals surface area contributed by atoms with Crippen LogP contribution in [0.3, 0.4) is 0 Å². The fourth-order valence-electron chi connectivity index (χ4n) is 4.08. The Bertz CT molecular complexity index is 1120. The molecular weight excluding hydrogens is 455 g/mol. The number of benzene rings is 2. The number of hydrogen-bond acceptors (Lipinski definition) is 4. The molecular formula is C25H27ClF3NO3. The molecule has 0 aliphatic rings. The molecule has 8 heteroatoms. The zero-order valence-electron chi connectivity index (χ0n) is 18.7. The highest BCUT2D eigenvalue weighted by molar-refractivity contribution is 6.30. The molecule has 3 rings (SSSR count). The highest BCUT2D eigenvalue weighted by Gasteiger charge is 2.42. The van der Waals surface area contributed by atoms with E-state index in [0.29, 0.717) is 45.7 Å². The van der Waals surface area contributed by atoms with Gasteiger partial charge in [0.15, 0.2) is 0 Å². The largest absolute Gasteiger partial charge is 0.433 e. The van der Waals surface area contributed by atoms with Gasteiger partial charge in [-0.25, -0.2) is 4.98 Å². The maximum absolute atomic E-state index is 13.3. The van der Waals surface area contributed by atoms with Gasteiger partial charge in [-0.2, -0.15) is 13.2 Å². The summed E-state index contributed by atoms with van der Waals surface area (Å²) in [5.41, 5.74) is -0.0744. The molecule has 33 heavy (non-hydrogen) atoms. The van der Waals surface area contributed by atoms with Crippen molar-refractivity contribution in [3.8, 4) is 11.1 Å². The fraction of sp³-hybridized carbons (Fsp3) is 0.400. The Balaban J connectivity index is 2.41. The van der Waals surface area contributed by atoms with Gasteiger partial charge in [-0.1, -0.05) is 43.1 Å². The molecule has 3 aromatic rings. The fourth-order valence-corrected chi connectivity index (χ4v) is 4.21. The lowest BCUT2D eigenvalue weighted by atomic mass is 9.79. The lowest BCUT2D eigenvalue weighted by Gasteiger charge is -2.38. The molecule has 0 saturated heterocycles. The topological polar surface area (TPSA) is 62.6 Å². The second-order valence-electron chi connectivity index (χ2n) is 8.14. The number of aromatic nitrogens is 1. The maximum atomic E-state index is 13.3. The van der Waals surface area contributed by atoms with Gasteiger partial charge in [0.05, 0.1) is 18.2 Å². The Labute approximate surface area is 196 Å². The van der Waals surface area contributed by atoms with Crippen molar-refractivity contribution < 1.29 is 28.1 Å². The second-order valence-corrected chi connectivity index (χ2v) is 8.57. The Kier molecular flexibility index (Phi) is 7.69. The quantitative estimate of drug-likeness (QED) is 0.372. The van der Waals surface area contributed by atoms with E-state index in [1.54, 1.807) is 31.2 Å². The SMILES string of the molecule is CCCCOC(CO)(c1c(C)cc2nc(C(F)(F)F)ccc2c1-c1ccc(Cl)cc1)C(C)O. The minimum atomic E-state index is -4.58. The number of ether oxygens (including phenoxy) is 1. The average Bonchev–Trinajstić information content (AvgIpc) is 2.76. The number of alkyl halides is 3. The van der Waals surface area contributed by atoms with E-state index >= 15 is 0 Å². The van der Waals surface area contributed by atoms with E-state index in [0.717, 1.165) is 12.5 Å². The summed E-state index contributed by atoms with van der Waals surface area (Å²) < 4.78 is 46.1. The zero-order chi connectivity index (χ0) is 24.4. The van der Waals surface area contributed by atoms with Crippen molar-refractivity contribution in [3.05, 3.63) is 64.3 Å². The number of hydrogen-bond donors (Lipinski definition) is 2. The normalized spacial score (nSPS) is 14.9. The van der Waals surface area contributed by atoms with Gasteiger partial charge >= 0.3 is 6.18 Å². The van der Waals surface area contributed by atoms with E-state index in [-0.39, 0.29) is 5.52 Å². The Morgan fingerprint density at radius 2 is 1.79 bits per heavy atom. The monoisotopic (exact) mass is 481 g/mol. The number of pyridine rings is 1. The number of aryl methyl sites for hydroxylation is 1. The van der Waals surface area contributed by atoms with E-state index in [9.17, 15) is 23.4 Å². The van der Waals surface area contributed by atoms with E-state index in [1.807, 2.05) is 6.92 Å². The highest BCUT2D eigenvalue weighted by Crippen LogP contribution is 2.44. The van der Waals surface area contributed by atoms with Gasteiger partial charge in [-0.3, -0.25) is 0 Å². The van der Waals surface area contributed by atoms with Crippen LogP contribution >= 0.6 is 11.6 Å². The lowest BCUT2D eigenvalue weighted by molar-refractivity contribution is -0.149. The Hall–Kier alpha value is -2.19. The van der Waals surface area contributed by atoms with Gasteiger partial charge < -0.3 is 14.9 Å². The van der Waals surface area contributed by atoms with Crippen LogP contribution in [0.1, 0.15) is 43.5 Å². The molecule has 178 valence electrons. The van der Waals surface area contributed by atoms with Gasteiger partial charge in [-0.15, -0.1) is 0 Å². The van der Waals surface area contributed by atoms with Gasteiger partial charge in [0, 0.05) is 22.6 Å². The first-order chi connectivity index (χ1) is 15.5. The molecule has 0 aliphatic heterocycles. The van der Waals surface area contributed by atoms with E-state index in [2.05, 4.69) is 4.98 Å². The smallest absolute Gasteiger partial charge is 0.393 e. The number of aliphatic hydroxyl groups is 2. The number of aliphatic hydroxyl groups excluding tert-OH is 2. The Morgan fingerprint density at radius 3 is 2.33 bits per heavy atom. The van der Waals surface area contributed by atoms with Crippen LogP contribution in [0.25, 0.3) is 22.0 Å². The van der Waals surface area contributed by atoms with Crippen molar-refractivity contribution in [2.24, 2.45) is 0 Å². The van der Waals surface area contributed by atoms with Gasteiger partial charge in [0.25, 0.3) is 0 Å². The number of nitrogens with zero attached hydrogens (tertiary/aromatic N) is 1. The second kappa shape index (κ2) is 9.97. The molecule has 0 bridgehead atoms. The molecule has 0 saturated carbocycles. The van der Waals surface area contributed by atoms with Crippen LogP contribution in [0.2, 0.25) is 5.02 Å². The summed E-state index contributed by atoms with van der Waals surface area (Å²) in [5, 5.41) is 22.2. The van der Waals surface area contributed by atoms with Crippen molar-refractivity contribution in [2.75, 3.05) is 13.2 Å². The van der Waals surface area contributed by atoms with Crippen LogP contribution in [-0.2, 0) is 16.5 Å². The molecule has 0 aliphatic carbocycles. The van der Waals surface area contributed by atoms with Crippen molar-refractivity contribution in [1.29, 1.82) is 0 Å². The van der Waals surface area contributed by atoms with Crippen LogP contribution in [0.15, 0.2) is 42.5 Å². The van der Waals surface area contributed by atoms with Crippen molar-refractivity contribution in [1.82, 2.24) is 4.98 Å². The molecule has 2 unspecified atom stereocenters. The molecule has 0 radical (unpaired) electrons. The van der Waals surface area contributed by atoms with E-state index < -0.39 is 30.2 Å². The van der Waals surface area contributed by atoms with Crippen LogP contribution in [0.5, 0.6) is 0 Å². The standard InChI is InChI=1S/C25H27ClF3NO3/c1-4-5-12-33-24(14-31,16(3)32)23-15(2)13-20-19(10-11-21(30-20)25(27,28)29)22(23)17-6-8-18(26)9-7-17/h6-11,13,16,31-32H,4-5,12,14H2,1-3H3. The third-order valence-corrected chi connectivity index (χ3v) is 6.06. The molecule has 2 atom stereocenters. The minimum absolute atomic E-state index is 0.155. The maximum Gasteiger partial charge on any atom is 0.433 e. The average molecular weight is 482 g/mol. The van der Waals surface area contributed by atoms with Crippen LogP contribution < -0.4 is 0 Å². The highest BCUT2D eigenvalue weighted by atomic mass is 35.5. The number of rotatable bonds is 8. The summed E-state index contributed by atoms with van der Waals surface area (Å²) in [7, 11) is 0. The summed E-state index contributed by atoms with van der Waals surface area (Å²) >= 11 is 6.07. The predicted molar refractivity (Wildman–Crippen MR) is 123 cm³/mol. The van der Waals surface area contributed by atoms with Crippen molar-refractivity contribution in [3.63, 3.8) is 0 Å². The number of halogens is 4. The Morgan fingerprint density at radius 1 is 1.12 bits per heavy atom. The van der Waals surface area contributed by atoms with Gasteiger partial charge in [0.1, 0.15) is 11.3 Å². The first-order valence-corrected chi connectivity index (χ1v) is 11.1. The molecule has 0 amide bonds. The van der Waals surface area contributed by atoms with Gasteiger partial charge in [-0.05, 0) is 61.2 Å². The molecule has 0 fully saturated rings. The van der Waals surface area contributed by atoms with Crippen LogP contribution in [0.4, 0.5) is 13.2 Å². The summed E-state index contributed by atoms with van der Waals surface area (Å²) in [6, 6.07) is 10.7. The molecule has 1 heterocycles. The molecule has 2 N–H and O–H groups in total. The summed E-state index contributed by atoms with van der Waals surface area (Å²) in [5.74, 6) is 0. The van der Waals surface area contributed by atoms with E-state index in [1.165, 1.54) is 19.1 Å². The summed E-state index contributed by atoms with van der Waals surface area (Å²) in [4.78, 5) is 3.86. The van der Waals surface area contributed by atoms with Crippen LogP contribution in [-0.4, -0.2) is 34.5 Å². The lowest BCUT2D eigenvalue weighted by Crippen LogP contribution is -2.45. The van der Waals surface area contributed by atoms with Crippen LogP contribution in [0, 0.1) is 6.92 Å². The summed E-state index contributed by atoms with van der Waals surface area (Å²) in [6.07, 6.45) is -4.12. The van der Waals surface area contributed by atoms with E-state index in [4.69, 9.17) is 16.3 Å². The third kappa shape index (κ3) is 5.01.